The molecule has 0 aromatic carbocycles. The molecule has 0 bridgehead atoms. The maximum absolute atomic E-state index is 4.40. The Hall–Kier alpha value is -1.09. The first-order valence-corrected chi connectivity index (χ1v) is 3.71. The number of nitrogens with one attached hydrogen (secondary N) is 1. The van der Waals surface area contributed by atoms with Crippen LogP contribution in [-0.2, 0) is 6.54 Å². The Kier molecular flexibility index (Phi) is 1.32. The van der Waals surface area contributed by atoms with E-state index in [-0.39, 0.29) is 0 Å². The first-order chi connectivity index (χ1) is 5.27. The lowest BCUT2D eigenvalue weighted by atomic mass is 10.2. The molecule has 0 radical (unpaired) electrons. The summed E-state index contributed by atoms with van der Waals surface area (Å²) in [5.74, 6) is 1.06. The van der Waals surface area contributed by atoms with E-state index >= 15 is 0 Å². The third-order valence-electron chi connectivity index (χ3n) is 1.92. The average Bonchev–Trinajstić information content (AvgIpc) is 2.33. The molecule has 3 heteroatoms. The van der Waals surface area contributed by atoms with Crippen LogP contribution in [0.25, 0.3) is 0 Å². The van der Waals surface area contributed by atoms with Crippen LogP contribution in [0.1, 0.15) is 11.3 Å². The van der Waals surface area contributed by atoms with E-state index in [1.54, 1.807) is 0 Å². The molecule has 0 fully saturated rings. The smallest absolute Gasteiger partial charge is 0.147 e. The third-order valence-corrected chi connectivity index (χ3v) is 1.92. The van der Waals surface area contributed by atoms with Gasteiger partial charge in [-0.25, -0.2) is 10.4 Å². The van der Waals surface area contributed by atoms with Gasteiger partial charge in [0.25, 0.3) is 0 Å². The Morgan fingerprint density at radius 2 is 2.36 bits per heavy atom. The lowest BCUT2D eigenvalue weighted by Gasteiger charge is -2.10. The monoisotopic (exact) mass is 149 g/mol. The van der Waals surface area contributed by atoms with Gasteiger partial charge in [0, 0.05) is 24.8 Å². The van der Waals surface area contributed by atoms with Crippen LogP contribution in [0.3, 0.4) is 0 Å². The van der Waals surface area contributed by atoms with Gasteiger partial charge in [0.15, 0.2) is 0 Å². The van der Waals surface area contributed by atoms with E-state index in [9.17, 15) is 0 Å². The summed E-state index contributed by atoms with van der Waals surface area (Å²) < 4.78 is 0. The van der Waals surface area contributed by atoms with Gasteiger partial charge in [0.05, 0.1) is 0 Å². The zero-order valence-electron chi connectivity index (χ0n) is 6.76. The van der Waals surface area contributed by atoms with E-state index in [0.29, 0.717) is 0 Å². The molecule has 2 rings (SSSR count). The summed E-state index contributed by atoms with van der Waals surface area (Å²) in [6.45, 7) is 2.91. The fraction of sp³-hybridized carbons (Fsp3) is 0.375. The molecule has 0 aliphatic carbocycles. The Labute approximate surface area is 66.0 Å². The lowest BCUT2D eigenvalue weighted by Crippen LogP contribution is -2.27. The van der Waals surface area contributed by atoms with Crippen LogP contribution in [0, 0.1) is 6.92 Å². The summed E-state index contributed by atoms with van der Waals surface area (Å²) in [4.78, 5) is 4.40. The van der Waals surface area contributed by atoms with Crippen LogP contribution < -0.4 is 10.4 Å². The van der Waals surface area contributed by atoms with Crippen molar-refractivity contribution in [1.82, 2.24) is 10.4 Å². The Bertz CT molecular complexity index is 283. The van der Waals surface area contributed by atoms with Gasteiger partial charge in [0.2, 0.25) is 0 Å². The van der Waals surface area contributed by atoms with E-state index < -0.39 is 0 Å². The minimum Gasteiger partial charge on any atom is -0.295 e. The van der Waals surface area contributed by atoms with Gasteiger partial charge in [-0.1, -0.05) is 6.07 Å². The second-order valence-corrected chi connectivity index (χ2v) is 2.83. The molecule has 0 unspecified atom stereocenters. The lowest BCUT2D eigenvalue weighted by molar-refractivity contribution is 0.730. The minimum atomic E-state index is 0.902. The van der Waals surface area contributed by atoms with Crippen molar-refractivity contribution in [2.75, 3.05) is 12.1 Å². The van der Waals surface area contributed by atoms with E-state index in [1.807, 2.05) is 25.0 Å². The maximum Gasteiger partial charge on any atom is 0.147 e. The quantitative estimate of drug-likeness (QED) is 0.592. The number of hydrogen-bond acceptors (Lipinski definition) is 3. The van der Waals surface area contributed by atoms with Gasteiger partial charge < -0.3 is 0 Å². The van der Waals surface area contributed by atoms with Crippen molar-refractivity contribution in [2.24, 2.45) is 0 Å². The van der Waals surface area contributed by atoms with Crippen LogP contribution in [0.15, 0.2) is 12.1 Å². The Balaban J connectivity index is 2.52. The van der Waals surface area contributed by atoms with E-state index in [1.165, 1.54) is 5.56 Å². The highest BCUT2D eigenvalue weighted by atomic mass is 15.5. The largest absolute Gasteiger partial charge is 0.295 e. The maximum atomic E-state index is 4.40. The summed E-state index contributed by atoms with van der Waals surface area (Å²) in [5, 5.41) is 1.96. The number of hydrazine groups is 1. The molecule has 0 amide bonds. The van der Waals surface area contributed by atoms with Gasteiger partial charge in [-0.05, 0) is 13.0 Å². The number of fused-ring (bicyclic) bond motifs is 1. The topological polar surface area (TPSA) is 28.2 Å². The molecule has 0 saturated carbocycles. The minimum absolute atomic E-state index is 0.902. The van der Waals surface area contributed by atoms with Gasteiger partial charge >= 0.3 is 0 Å². The van der Waals surface area contributed by atoms with Crippen molar-refractivity contribution < 1.29 is 0 Å². The van der Waals surface area contributed by atoms with Crippen molar-refractivity contribution in [3.8, 4) is 0 Å². The van der Waals surface area contributed by atoms with Crippen molar-refractivity contribution >= 4 is 5.82 Å². The fourth-order valence-corrected chi connectivity index (χ4v) is 1.28. The van der Waals surface area contributed by atoms with Crippen LogP contribution in [-0.4, -0.2) is 12.0 Å². The third kappa shape index (κ3) is 0.973. The first-order valence-electron chi connectivity index (χ1n) is 3.71. The number of rotatable bonds is 0. The first kappa shape index (κ1) is 6.61. The van der Waals surface area contributed by atoms with Crippen molar-refractivity contribution in [2.45, 2.75) is 13.5 Å². The Morgan fingerprint density at radius 3 is 3.18 bits per heavy atom. The highest BCUT2D eigenvalue weighted by Crippen LogP contribution is 2.20. The van der Waals surface area contributed by atoms with E-state index in [0.717, 1.165) is 18.1 Å². The standard InChI is InChI=1S/C8H11N3/c1-6-3-4-7-5-9-11(2)8(7)10-6/h3-4,9H,5H2,1-2H3. The van der Waals surface area contributed by atoms with Crippen molar-refractivity contribution in [1.29, 1.82) is 0 Å². The number of nitrogens with zero attached hydrogens (tertiary/aromatic N) is 2. The second-order valence-electron chi connectivity index (χ2n) is 2.83. The molecule has 3 nitrogen and oxygen atoms in total. The molecule has 0 atom stereocenters. The van der Waals surface area contributed by atoms with Crippen LogP contribution in [0.5, 0.6) is 0 Å². The molecule has 2 heterocycles. The molecule has 11 heavy (non-hydrogen) atoms. The highest BCUT2D eigenvalue weighted by molar-refractivity contribution is 5.49. The zero-order valence-corrected chi connectivity index (χ0v) is 6.76. The number of aromatic nitrogens is 1. The molecule has 0 spiro atoms. The molecule has 1 N–H and O–H groups in total. The molecule has 58 valence electrons. The van der Waals surface area contributed by atoms with Gasteiger partial charge in [-0.15, -0.1) is 0 Å². The summed E-state index contributed by atoms with van der Waals surface area (Å²) in [7, 11) is 1.98. The van der Waals surface area contributed by atoms with E-state index in [4.69, 9.17) is 0 Å². The highest BCUT2D eigenvalue weighted by Gasteiger charge is 2.15. The summed E-state index contributed by atoms with van der Waals surface area (Å²) in [6.07, 6.45) is 0. The van der Waals surface area contributed by atoms with Crippen molar-refractivity contribution in [3.63, 3.8) is 0 Å². The van der Waals surface area contributed by atoms with Crippen molar-refractivity contribution in [3.05, 3.63) is 23.4 Å². The average molecular weight is 149 g/mol. The molecular formula is C8H11N3. The number of aryl methyl sites for hydroxylation is 1. The predicted octanol–water partition coefficient (Wildman–Crippen LogP) is 0.844. The molecule has 1 aliphatic rings. The molecule has 1 aromatic rings. The number of pyridine rings is 1. The van der Waals surface area contributed by atoms with Crippen LogP contribution in [0.2, 0.25) is 0 Å². The zero-order chi connectivity index (χ0) is 7.84. The molecule has 1 aromatic heterocycles. The van der Waals surface area contributed by atoms with Crippen LogP contribution in [0.4, 0.5) is 5.82 Å². The molecular weight excluding hydrogens is 138 g/mol. The van der Waals surface area contributed by atoms with E-state index in [2.05, 4.69) is 16.5 Å². The number of hydrogen-bond donors (Lipinski definition) is 1. The second kappa shape index (κ2) is 2.20. The van der Waals surface area contributed by atoms with Crippen LogP contribution >= 0.6 is 0 Å². The van der Waals surface area contributed by atoms with Gasteiger partial charge in [-0.3, -0.25) is 5.01 Å². The Morgan fingerprint density at radius 1 is 1.55 bits per heavy atom. The fourth-order valence-electron chi connectivity index (χ4n) is 1.28. The predicted molar refractivity (Wildman–Crippen MR) is 44.2 cm³/mol. The summed E-state index contributed by atoms with van der Waals surface area (Å²) in [5.41, 5.74) is 5.53. The molecule has 1 aliphatic heterocycles. The number of anilines is 1. The normalized spacial score (nSPS) is 15.3. The van der Waals surface area contributed by atoms with Gasteiger partial charge in [-0.2, -0.15) is 0 Å². The SMILES string of the molecule is Cc1ccc2c(n1)N(C)NC2. The summed E-state index contributed by atoms with van der Waals surface area (Å²) in [6, 6.07) is 4.16. The summed E-state index contributed by atoms with van der Waals surface area (Å²) >= 11 is 0. The molecule has 0 saturated heterocycles. The van der Waals surface area contributed by atoms with Gasteiger partial charge in [0.1, 0.15) is 5.82 Å².